The lowest BCUT2D eigenvalue weighted by Crippen LogP contribution is -2.04. The minimum Gasteiger partial charge on any atom is -0.326 e. The van der Waals surface area contributed by atoms with Gasteiger partial charge in [0.05, 0.1) is 0 Å². The first-order valence-electron chi connectivity index (χ1n) is 5.81. The van der Waals surface area contributed by atoms with Crippen LogP contribution in [0.25, 0.3) is 0 Å². The van der Waals surface area contributed by atoms with E-state index >= 15 is 0 Å². The predicted octanol–water partition coefficient (Wildman–Crippen LogP) is 3.59. The van der Waals surface area contributed by atoms with Crippen molar-refractivity contribution in [2.75, 3.05) is 0 Å². The molecule has 2 rings (SSSR count). The Kier molecular flexibility index (Phi) is 4.17. The monoisotopic (exact) mass is 280 g/mol. The predicted molar refractivity (Wildman–Crippen MR) is 72.1 cm³/mol. The highest BCUT2D eigenvalue weighted by Crippen LogP contribution is 2.32. The molecule has 1 heterocycles. The van der Waals surface area contributed by atoms with Crippen LogP contribution in [-0.2, 0) is 6.54 Å². The van der Waals surface area contributed by atoms with Gasteiger partial charge in [-0.2, -0.15) is 0 Å². The van der Waals surface area contributed by atoms with Crippen LogP contribution in [0.4, 0.5) is 8.78 Å². The Hall–Kier alpha value is -1.46. The highest BCUT2D eigenvalue weighted by molar-refractivity contribution is 7.99. The number of benzene rings is 1. The third-order valence-electron chi connectivity index (χ3n) is 2.74. The average Bonchev–Trinajstić information content (AvgIpc) is 2.32. The molecule has 0 unspecified atom stereocenters. The highest BCUT2D eigenvalue weighted by Gasteiger charge is 2.12. The van der Waals surface area contributed by atoms with Crippen molar-refractivity contribution < 1.29 is 8.78 Å². The van der Waals surface area contributed by atoms with Gasteiger partial charge in [-0.25, -0.2) is 13.8 Å². The Morgan fingerprint density at radius 3 is 2.58 bits per heavy atom. The van der Waals surface area contributed by atoms with E-state index in [0.717, 1.165) is 22.9 Å². The summed E-state index contributed by atoms with van der Waals surface area (Å²) < 4.78 is 26.5. The quantitative estimate of drug-likeness (QED) is 0.934. The molecule has 2 nitrogen and oxygen atoms in total. The first-order valence-corrected chi connectivity index (χ1v) is 6.63. The van der Waals surface area contributed by atoms with Crippen molar-refractivity contribution >= 4 is 11.8 Å². The fourth-order valence-corrected chi connectivity index (χ4v) is 2.88. The lowest BCUT2D eigenvalue weighted by molar-refractivity contribution is 0.565. The Morgan fingerprint density at radius 2 is 1.95 bits per heavy atom. The summed E-state index contributed by atoms with van der Waals surface area (Å²) in [6.07, 6.45) is 0. The van der Waals surface area contributed by atoms with Gasteiger partial charge < -0.3 is 5.73 Å². The molecule has 0 atom stereocenters. The molecule has 0 saturated carbocycles. The topological polar surface area (TPSA) is 38.9 Å². The zero-order valence-electron chi connectivity index (χ0n) is 10.7. The number of rotatable bonds is 3. The van der Waals surface area contributed by atoms with Crippen molar-refractivity contribution in [3.63, 3.8) is 0 Å². The van der Waals surface area contributed by atoms with Gasteiger partial charge >= 0.3 is 0 Å². The zero-order chi connectivity index (χ0) is 14.0. The fourth-order valence-electron chi connectivity index (χ4n) is 1.82. The number of hydrogen-bond donors (Lipinski definition) is 1. The Morgan fingerprint density at radius 1 is 1.21 bits per heavy atom. The fraction of sp³-hybridized carbons (Fsp3) is 0.214. The minimum atomic E-state index is -0.589. The van der Waals surface area contributed by atoms with E-state index in [-0.39, 0.29) is 0 Å². The average molecular weight is 280 g/mol. The number of aryl methyl sites for hydroxylation is 2. The van der Waals surface area contributed by atoms with E-state index in [1.807, 2.05) is 19.9 Å². The van der Waals surface area contributed by atoms with E-state index in [0.29, 0.717) is 16.5 Å². The molecular weight excluding hydrogens is 266 g/mol. The van der Waals surface area contributed by atoms with Crippen LogP contribution in [0.15, 0.2) is 34.2 Å². The van der Waals surface area contributed by atoms with Gasteiger partial charge in [-0.3, -0.25) is 0 Å². The second-order valence-electron chi connectivity index (χ2n) is 4.25. The van der Waals surface area contributed by atoms with Crippen LogP contribution >= 0.6 is 11.8 Å². The van der Waals surface area contributed by atoms with E-state index in [9.17, 15) is 8.78 Å². The van der Waals surface area contributed by atoms with Crippen molar-refractivity contribution in [2.24, 2.45) is 5.73 Å². The van der Waals surface area contributed by atoms with Crippen LogP contribution < -0.4 is 5.73 Å². The number of nitrogens with zero attached hydrogens (tertiary/aromatic N) is 1. The largest absolute Gasteiger partial charge is 0.326 e. The summed E-state index contributed by atoms with van der Waals surface area (Å²) in [5.74, 6) is -1.18. The molecule has 0 spiro atoms. The number of aromatic nitrogens is 1. The summed E-state index contributed by atoms with van der Waals surface area (Å²) in [5, 5.41) is 0.672. The van der Waals surface area contributed by atoms with Gasteiger partial charge in [0.15, 0.2) is 0 Å². The minimum absolute atomic E-state index is 0.338. The maximum Gasteiger partial charge on any atom is 0.140 e. The second-order valence-corrected chi connectivity index (χ2v) is 5.28. The normalized spacial score (nSPS) is 10.8. The molecule has 0 aliphatic heterocycles. The van der Waals surface area contributed by atoms with Crippen molar-refractivity contribution in [2.45, 2.75) is 30.3 Å². The van der Waals surface area contributed by atoms with Gasteiger partial charge in [0, 0.05) is 28.8 Å². The molecule has 5 heteroatoms. The standard InChI is InChI=1S/C14H14F2N2S/c1-8-5-9(2)18-14(11(8)7-17)19-13-4-3-10(15)6-12(13)16/h3-6H,7,17H2,1-2H3. The van der Waals surface area contributed by atoms with Crippen LogP contribution in [0.3, 0.4) is 0 Å². The van der Waals surface area contributed by atoms with Gasteiger partial charge in [0.2, 0.25) is 0 Å². The maximum atomic E-state index is 13.7. The van der Waals surface area contributed by atoms with E-state index in [1.54, 1.807) is 0 Å². The van der Waals surface area contributed by atoms with E-state index < -0.39 is 11.6 Å². The molecule has 0 bridgehead atoms. The number of halogens is 2. The molecule has 0 aliphatic rings. The van der Waals surface area contributed by atoms with Gasteiger partial charge in [-0.1, -0.05) is 11.8 Å². The summed E-state index contributed by atoms with van der Waals surface area (Å²) >= 11 is 1.17. The van der Waals surface area contributed by atoms with Gasteiger partial charge in [0.25, 0.3) is 0 Å². The lowest BCUT2D eigenvalue weighted by Gasteiger charge is -2.11. The van der Waals surface area contributed by atoms with E-state index in [2.05, 4.69) is 4.98 Å². The third kappa shape index (κ3) is 3.11. The lowest BCUT2D eigenvalue weighted by atomic mass is 10.1. The molecule has 0 aliphatic carbocycles. The Balaban J connectivity index is 2.42. The molecule has 0 saturated heterocycles. The second kappa shape index (κ2) is 5.67. The summed E-state index contributed by atoms with van der Waals surface area (Å²) in [6.45, 7) is 4.16. The van der Waals surface area contributed by atoms with Crippen LogP contribution in [0, 0.1) is 25.5 Å². The summed E-state index contributed by atoms with van der Waals surface area (Å²) in [5.41, 5.74) is 8.47. The van der Waals surface area contributed by atoms with Crippen LogP contribution in [0.2, 0.25) is 0 Å². The maximum absolute atomic E-state index is 13.7. The molecule has 2 N–H and O–H groups in total. The number of nitrogens with two attached hydrogens (primary N) is 1. The van der Waals surface area contributed by atoms with Crippen molar-refractivity contribution in [3.05, 3.63) is 52.7 Å². The van der Waals surface area contributed by atoms with Crippen LogP contribution in [0.5, 0.6) is 0 Å². The highest BCUT2D eigenvalue weighted by atomic mass is 32.2. The summed E-state index contributed by atoms with van der Waals surface area (Å²) in [4.78, 5) is 4.73. The first kappa shape index (κ1) is 14.0. The zero-order valence-corrected chi connectivity index (χ0v) is 11.5. The van der Waals surface area contributed by atoms with Gasteiger partial charge in [-0.15, -0.1) is 0 Å². The Labute approximate surface area is 115 Å². The van der Waals surface area contributed by atoms with Crippen molar-refractivity contribution in [1.82, 2.24) is 4.98 Å². The molecule has 1 aromatic heterocycles. The molecular formula is C14H14F2N2S. The molecule has 1 aromatic carbocycles. The SMILES string of the molecule is Cc1cc(C)c(CN)c(Sc2ccc(F)cc2F)n1. The smallest absolute Gasteiger partial charge is 0.140 e. The van der Waals surface area contributed by atoms with Crippen LogP contribution in [0.1, 0.15) is 16.8 Å². The van der Waals surface area contributed by atoms with E-state index in [4.69, 9.17) is 5.73 Å². The van der Waals surface area contributed by atoms with E-state index in [1.165, 1.54) is 23.9 Å². The summed E-state index contributed by atoms with van der Waals surface area (Å²) in [6, 6.07) is 5.45. The first-order chi connectivity index (χ1) is 9.01. The van der Waals surface area contributed by atoms with Crippen molar-refractivity contribution in [1.29, 1.82) is 0 Å². The summed E-state index contributed by atoms with van der Waals surface area (Å²) in [7, 11) is 0. The van der Waals surface area contributed by atoms with Crippen molar-refractivity contribution in [3.8, 4) is 0 Å². The molecule has 2 aromatic rings. The van der Waals surface area contributed by atoms with Crippen LogP contribution in [-0.4, -0.2) is 4.98 Å². The number of hydrogen-bond acceptors (Lipinski definition) is 3. The third-order valence-corrected chi connectivity index (χ3v) is 3.82. The molecule has 19 heavy (non-hydrogen) atoms. The number of pyridine rings is 1. The van der Waals surface area contributed by atoms with Gasteiger partial charge in [-0.05, 0) is 37.6 Å². The Bertz CT molecular complexity index is 615. The van der Waals surface area contributed by atoms with Gasteiger partial charge in [0.1, 0.15) is 16.7 Å². The molecule has 0 fully saturated rings. The molecule has 100 valence electrons. The molecule has 0 radical (unpaired) electrons. The molecule has 0 amide bonds.